The van der Waals surface area contributed by atoms with E-state index >= 15 is 0 Å². The van der Waals surface area contributed by atoms with Gasteiger partial charge in [-0.05, 0) is 6.07 Å². The van der Waals surface area contributed by atoms with Gasteiger partial charge in [-0.15, -0.1) is 0 Å². The third kappa shape index (κ3) is 2.91. The fourth-order valence-electron chi connectivity index (χ4n) is 2.34. The molecule has 1 fully saturated rings. The molecule has 0 saturated carbocycles. The summed E-state index contributed by atoms with van der Waals surface area (Å²) in [7, 11) is 0. The fourth-order valence-corrected chi connectivity index (χ4v) is 2.34. The van der Waals surface area contributed by atoms with E-state index in [-0.39, 0.29) is 11.5 Å². The SMILES string of the molecule is O=C(c1cccc(=O)[nH]1)N1CCN(c2cnccn2)CC1. The van der Waals surface area contributed by atoms with E-state index in [1.54, 1.807) is 35.6 Å². The van der Waals surface area contributed by atoms with Crippen molar-refractivity contribution in [2.45, 2.75) is 0 Å². The number of piperazine rings is 1. The maximum atomic E-state index is 12.3. The summed E-state index contributed by atoms with van der Waals surface area (Å²) in [4.78, 5) is 38.3. The molecular weight excluding hydrogens is 270 g/mol. The number of rotatable bonds is 2. The molecule has 0 aliphatic carbocycles. The molecule has 0 atom stereocenters. The van der Waals surface area contributed by atoms with Crippen LogP contribution in [0.5, 0.6) is 0 Å². The van der Waals surface area contributed by atoms with Gasteiger partial charge in [-0.3, -0.25) is 14.6 Å². The van der Waals surface area contributed by atoms with Crippen LogP contribution in [0.2, 0.25) is 0 Å². The Bertz CT molecular complexity index is 677. The van der Waals surface area contributed by atoms with Crippen LogP contribution < -0.4 is 10.5 Å². The van der Waals surface area contributed by atoms with Gasteiger partial charge in [-0.2, -0.15) is 0 Å². The molecular formula is C14H15N5O2. The quantitative estimate of drug-likeness (QED) is 0.848. The lowest BCUT2D eigenvalue weighted by Gasteiger charge is -2.35. The van der Waals surface area contributed by atoms with Gasteiger partial charge >= 0.3 is 0 Å². The van der Waals surface area contributed by atoms with E-state index in [0.29, 0.717) is 31.9 Å². The van der Waals surface area contributed by atoms with Crippen molar-refractivity contribution >= 4 is 11.7 Å². The van der Waals surface area contributed by atoms with Gasteiger partial charge in [-0.25, -0.2) is 4.98 Å². The van der Waals surface area contributed by atoms with Crippen molar-refractivity contribution in [1.82, 2.24) is 19.9 Å². The third-order valence-corrected chi connectivity index (χ3v) is 3.44. The monoisotopic (exact) mass is 285 g/mol. The maximum absolute atomic E-state index is 12.3. The molecule has 7 heteroatoms. The number of amides is 1. The van der Waals surface area contributed by atoms with Crippen LogP contribution in [0.4, 0.5) is 5.82 Å². The maximum Gasteiger partial charge on any atom is 0.270 e. The summed E-state index contributed by atoms with van der Waals surface area (Å²) < 4.78 is 0. The lowest BCUT2D eigenvalue weighted by molar-refractivity contribution is 0.0740. The summed E-state index contributed by atoms with van der Waals surface area (Å²) in [5, 5.41) is 0. The molecule has 3 heterocycles. The second-order valence-corrected chi connectivity index (χ2v) is 4.77. The van der Waals surface area contributed by atoms with Crippen LogP contribution in [0, 0.1) is 0 Å². The van der Waals surface area contributed by atoms with E-state index in [0.717, 1.165) is 5.82 Å². The van der Waals surface area contributed by atoms with Crippen LogP contribution >= 0.6 is 0 Å². The van der Waals surface area contributed by atoms with Crippen LogP contribution in [0.15, 0.2) is 41.6 Å². The first-order valence-electron chi connectivity index (χ1n) is 6.73. The minimum atomic E-state index is -0.265. The van der Waals surface area contributed by atoms with E-state index in [2.05, 4.69) is 19.9 Å². The van der Waals surface area contributed by atoms with Gasteiger partial charge in [0.1, 0.15) is 11.5 Å². The topological polar surface area (TPSA) is 82.2 Å². The first kappa shape index (κ1) is 13.3. The number of hydrogen-bond donors (Lipinski definition) is 1. The van der Waals surface area contributed by atoms with E-state index in [1.165, 1.54) is 6.07 Å². The highest BCUT2D eigenvalue weighted by atomic mass is 16.2. The molecule has 7 nitrogen and oxygen atoms in total. The molecule has 0 unspecified atom stereocenters. The first-order chi connectivity index (χ1) is 10.2. The van der Waals surface area contributed by atoms with Crippen molar-refractivity contribution in [3.05, 3.63) is 52.8 Å². The first-order valence-corrected chi connectivity index (χ1v) is 6.73. The predicted molar refractivity (Wildman–Crippen MR) is 77.2 cm³/mol. The Balaban J connectivity index is 1.66. The van der Waals surface area contributed by atoms with Gasteiger partial charge < -0.3 is 14.8 Å². The molecule has 0 aromatic carbocycles. The highest BCUT2D eigenvalue weighted by Gasteiger charge is 2.23. The Morgan fingerprint density at radius 3 is 2.62 bits per heavy atom. The molecule has 21 heavy (non-hydrogen) atoms. The predicted octanol–water partition coefficient (Wildman–Crippen LogP) is 0.127. The van der Waals surface area contributed by atoms with E-state index < -0.39 is 0 Å². The minimum Gasteiger partial charge on any atom is -0.352 e. The second kappa shape index (κ2) is 5.74. The number of hydrogen-bond acceptors (Lipinski definition) is 5. The average molecular weight is 285 g/mol. The van der Waals surface area contributed by atoms with Gasteiger partial charge in [0.15, 0.2) is 0 Å². The van der Waals surface area contributed by atoms with Crippen molar-refractivity contribution in [1.29, 1.82) is 0 Å². The van der Waals surface area contributed by atoms with Gasteiger partial charge in [0.2, 0.25) is 5.56 Å². The van der Waals surface area contributed by atoms with Crippen LogP contribution in [0.3, 0.4) is 0 Å². The molecule has 1 aliphatic heterocycles. The standard InChI is InChI=1S/C14H15N5O2/c20-13-3-1-2-11(17-13)14(21)19-8-6-18(7-9-19)12-10-15-4-5-16-12/h1-5,10H,6-9H2,(H,17,20). The number of nitrogens with zero attached hydrogens (tertiary/aromatic N) is 4. The Kier molecular flexibility index (Phi) is 3.63. The molecule has 0 radical (unpaired) electrons. The molecule has 3 rings (SSSR count). The zero-order chi connectivity index (χ0) is 14.7. The summed E-state index contributed by atoms with van der Waals surface area (Å²) >= 11 is 0. The lowest BCUT2D eigenvalue weighted by Crippen LogP contribution is -2.49. The largest absolute Gasteiger partial charge is 0.352 e. The second-order valence-electron chi connectivity index (χ2n) is 4.77. The molecule has 2 aromatic heterocycles. The number of anilines is 1. The molecule has 108 valence electrons. The molecule has 0 spiro atoms. The Morgan fingerprint density at radius 2 is 1.95 bits per heavy atom. The van der Waals surface area contributed by atoms with Crippen molar-refractivity contribution in [2.75, 3.05) is 31.1 Å². The summed E-state index contributed by atoms with van der Waals surface area (Å²) in [5.74, 6) is 0.671. The number of aromatic amines is 1. The fraction of sp³-hybridized carbons (Fsp3) is 0.286. The normalized spacial score (nSPS) is 15.0. The molecule has 0 bridgehead atoms. The molecule has 1 amide bonds. The molecule has 1 aliphatic rings. The van der Waals surface area contributed by atoms with Crippen molar-refractivity contribution in [2.24, 2.45) is 0 Å². The van der Waals surface area contributed by atoms with Crippen LogP contribution in [0.25, 0.3) is 0 Å². The van der Waals surface area contributed by atoms with Gasteiger partial charge in [0, 0.05) is 44.6 Å². The zero-order valence-corrected chi connectivity index (χ0v) is 11.4. The summed E-state index contributed by atoms with van der Waals surface area (Å²) in [6.45, 7) is 2.57. The molecule has 1 saturated heterocycles. The highest BCUT2D eigenvalue weighted by molar-refractivity contribution is 5.92. The van der Waals surface area contributed by atoms with Crippen LogP contribution in [-0.4, -0.2) is 51.9 Å². The van der Waals surface area contributed by atoms with Crippen molar-refractivity contribution in [3.8, 4) is 0 Å². The number of H-pyrrole nitrogens is 1. The Morgan fingerprint density at radius 1 is 1.14 bits per heavy atom. The van der Waals surface area contributed by atoms with Gasteiger partial charge in [0.25, 0.3) is 5.91 Å². The summed E-state index contributed by atoms with van der Waals surface area (Å²) in [6.07, 6.45) is 5.00. The van der Waals surface area contributed by atoms with Crippen LogP contribution in [0.1, 0.15) is 10.5 Å². The lowest BCUT2D eigenvalue weighted by atomic mass is 10.2. The van der Waals surface area contributed by atoms with E-state index in [9.17, 15) is 9.59 Å². The molecule has 1 N–H and O–H groups in total. The Labute approximate surface area is 121 Å². The minimum absolute atomic E-state index is 0.147. The number of aromatic nitrogens is 3. The third-order valence-electron chi connectivity index (χ3n) is 3.44. The zero-order valence-electron chi connectivity index (χ0n) is 11.4. The summed E-state index contributed by atoms with van der Waals surface area (Å²) in [6, 6.07) is 4.60. The number of pyridine rings is 1. The Hall–Kier alpha value is -2.70. The summed E-state index contributed by atoms with van der Waals surface area (Å²) in [5.41, 5.74) is 0.0644. The van der Waals surface area contributed by atoms with Crippen molar-refractivity contribution < 1.29 is 4.79 Å². The number of carbonyl (C=O) groups is 1. The van der Waals surface area contributed by atoms with E-state index in [1.807, 2.05) is 0 Å². The number of carbonyl (C=O) groups excluding carboxylic acids is 1. The van der Waals surface area contributed by atoms with Crippen LogP contribution in [-0.2, 0) is 0 Å². The number of nitrogens with one attached hydrogen (secondary N) is 1. The van der Waals surface area contributed by atoms with E-state index in [4.69, 9.17) is 0 Å². The van der Waals surface area contributed by atoms with Crippen molar-refractivity contribution in [3.63, 3.8) is 0 Å². The van der Waals surface area contributed by atoms with Gasteiger partial charge in [-0.1, -0.05) is 6.07 Å². The average Bonchev–Trinajstić information content (AvgIpc) is 2.55. The smallest absolute Gasteiger partial charge is 0.270 e. The van der Waals surface area contributed by atoms with Gasteiger partial charge in [0.05, 0.1) is 6.20 Å². The highest BCUT2D eigenvalue weighted by Crippen LogP contribution is 2.12. The molecule has 2 aromatic rings.